The van der Waals surface area contributed by atoms with Gasteiger partial charge < -0.3 is 14.2 Å². The molecule has 114 valence electrons. The standard InChI is InChI=1S/C16H22ClN3O/c1-19-8-4-3-5-12(19)11-20-15-7-6-13(21-2)9-14(15)18-16(20)10-17/h6-7,9,12H,3-5,8,10-11H2,1-2H3. The van der Waals surface area contributed by atoms with Gasteiger partial charge in [0.15, 0.2) is 0 Å². The van der Waals surface area contributed by atoms with Crippen LogP contribution in [0.1, 0.15) is 25.1 Å². The summed E-state index contributed by atoms with van der Waals surface area (Å²) in [4.78, 5) is 7.12. The van der Waals surface area contributed by atoms with Crippen molar-refractivity contribution in [1.82, 2.24) is 14.5 Å². The van der Waals surface area contributed by atoms with Gasteiger partial charge in [0.25, 0.3) is 0 Å². The summed E-state index contributed by atoms with van der Waals surface area (Å²) in [6.07, 6.45) is 3.86. The second-order valence-electron chi connectivity index (χ2n) is 5.76. The molecule has 1 atom stereocenters. The number of halogens is 1. The van der Waals surface area contributed by atoms with E-state index in [1.807, 2.05) is 12.1 Å². The van der Waals surface area contributed by atoms with Crippen LogP contribution in [0.3, 0.4) is 0 Å². The molecule has 21 heavy (non-hydrogen) atoms. The highest BCUT2D eigenvalue weighted by Crippen LogP contribution is 2.25. The average molecular weight is 308 g/mol. The molecule has 0 spiro atoms. The zero-order valence-corrected chi connectivity index (χ0v) is 13.4. The number of benzene rings is 1. The van der Waals surface area contributed by atoms with E-state index < -0.39 is 0 Å². The number of nitrogens with zero attached hydrogens (tertiary/aromatic N) is 3. The number of piperidine rings is 1. The molecule has 1 unspecified atom stereocenters. The number of hydrogen-bond acceptors (Lipinski definition) is 3. The van der Waals surface area contributed by atoms with Crippen molar-refractivity contribution in [2.75, 3.05) is 20.7 Å². The van der Waals surface area contributed by atoms with Crippen LogP contribution in [0, 0.1) is 0 Å². The van der Waals surface area contributed by atoms with Crippen LogP contribution >= 0.6 is 11.6 Å². The van der Waals surface area contributed by atoms with Crippen LogP contribution in [0.4, 0.5) is 0 Å². The van der Waals surface area contributed by atoms with E-state index in [4.69, 9.17) is 16.3 Å². The Bertz CT molecular complexity index is 625. The Balaban J connectivity index is 1.96. The van der Waals surface area contributed by atoms with Crippen molar-refractivity contribution >= 4 is 22.6 Å². The second-order valence-corrected chi connectivity index (χ2v) is 6.02. The van der Waals surface area contributed by atoms with Gasteiger partial charge in [-0.15, -0.1) is 11.6 Å². The van der Waals surface area contributed by atoms with Gasteiger partial charge in [-0.3, -0.25) is 0 Å². The fraction of sp³-hybridized carbons (Fsp3) is 0.562. The summed E-state index contributed by atoms with van der Waals surface area (Å²) in [5.74, 6) is 2.22. The van der Waals surface area contributed by atoms with Gasteiger partial charge in [0, 0.05) is 18.7 Å². The molecule has 1 fully saturated rings. The van der Waals surface area contributed by atoms with E-state index in [1.54, 1.807) is 7.11 Å². The molecule has 1 saturated heterocycles. The van der Waals surface area contributed by atoms with Crippen LogP contribution in [-0.4, -0.2) is 41.2 Å². The Kier molecular flexibility index (Phi) is 4.36. The number of likely N-dealkylation sites (tertiary alicyclic amines) is 1. The van der Waals surface area contributed by atoms with Gasteiger partial charge in [0.1, 0.15) is 11.6 Å². The predicted octanol–water partition coefficient (Wildman–Crippen LogP) is 3.27. The fourth-order valence-corrected chi connectivity index (χ4v) is 3.38. The summed E-state index contributed by atoms with van der Waals surface area (Å²) < 4.78 is 7.55. The fourth-order valence-electron chi connectivity index (χ4n) is 3.18. The van der Waals surface area contributed by atoms with Crippen molar-refractivity contribution in [3.63, 3.8) is 0 Å². The molecule has 2 aromatic rings. The zero-order valence-electron chi connectivity index (χ0n) is 12.7. The first-order chi connectivity index (χ1) is 10.2. The molecule has 2 heterocycles. The van der Waals surface area contributed by atoms with Crippen molar-refractivity contribution in [2.24, 2.45) is 0 Å². The largest absolute Gasteiger partial charge is 0.497 e. The van der Waals surface area contributed by atoms with Gasteiger partial charge in [0.2, 0.25) is 0 Å². The van der Waals surface area contributed by atoms with Crippen LogP contribution in [0.5, 0.6) is 5.75 Å². The van der Waals surface area contributed by atoms with Crippen LogP contribution < -0.4 is 4.74 Å². The smallest absolute Gasteiger partial charge is 0.124 e. The topological polar surface area (TPSA) is 30.3 Å². The summed E-state index contributed by atoms with van der Waals surface area (Å²) in [5.41, 5.74) is 2.11. The van der Waals surface area contributed by atoms with E-state index in [0.717, 1.165) is 29.2 Å². The van der Waals surface area contributed by atoms with Gasteiger partial charge in [-0.05, 0) is 38.6 Å². The molecule has 1 aromatic carbocycles. The summed E-state index contributed by atoms with van der Waals surface area (Å²) in [5, 5.41) is 0. The summed E-state index contributed by atoms with van der Waals surface area (Å²) in [6.45, 7) is 2.14. The number of imidazole rings is 1. The van der Waals surface area contributed by atoms with E-state index in [-0.39, 0.29) is 0 Å². The van der Waals surface area contributed by atoms with Crippen molar-refractivity contribution < 1.29 is 4.74 Å². The van der Waals surface area contributed by atoms with Gasteiger partial charge in [-0.2, -0.15) is 0 Å². The predicted molar refractivity (Wildman–Crippen MR) is 86.1 cm³/mol. The monoisotopic (exact) mass is 307 g/mol. The van der Waals surface area contributed by atoms with Crippen molar-refractivity contribution in [1.29, 1.82) is 0 Å². The number of hydrogen-bond donors (Lipinski definition) is 0. The highest BCUT2D eigenvalue weighted by atomic mass is 35.5. The minimum atomic E-state index is 0.438. The minimum absolute atomic E-state index is 0.438. The maximum absolute atomic E-state index is 6.10. The highest BCUT2D eigenvalue weighted by molar-refractivity contribution is 6.16. The zero-order chi connectivity index (χ0) is 14.8. The summed E-state index contributed by atoms with van der Waals surface area (Å²) in [6, 6.07) is 6.62. The third-order valence-corrected chi connectivity index (χ3v) is 4.71. The van der Waals surface area contributed by atoms with Crippen LogP contribution in [0.25, 0.3) is 11.0 Å². The summed E-state index contributed by atoms with van der Waals surface area (Å²) >= 11 is 6.10. The Morgan fingerprint density at radius 2 is 2.24 bits per heavy atom. The number of likely N-dealkylation sites (N-methyl/N-ethyl adjacent to an activating group) is 1. The lowest BCUT2D eigenvalue weighted by Gasteiger charge is -2.33. The lowest BCUT2D eigenvalue weighted by Crippen LogP contribution is -2.39. The average Bonchev–Trinajstić information content (AvgIpc) is 2.86. The van der Waals surface area contributed by atoms with E-state index in [9.17, 15) is 0 Å². The first kappa shape index (κ1) is 14.7. The molecule has 0 bridgehead atoms. The lowest BCUT2D eigenvalue weighted by atomic mass is 10.0. The number of aromatic nitrogens is 2. The van der Waals surface area contributed by atoms with E-state index in [0.29, 0.717) is 11.9 Å². The summed E-state index contributed by atoms with van der Waals surface area (Å²) in [7, 11) is 3.89. The third kappa shape index (κ3) is 2.87. The molecule has 0 amide bonds. The van der Waals surface area contributed by atoms with Gasteiger partial charge >= 0.3 is 0 Å². The number of rotatable bonds is 4. The molecular weight excluding hydrogens is 286 g/mol. The second kappa shape index (κ2) is 6.24. The molecule has 1 aliphatic rings. The quantitative estimate of drug-likeness (QED) is 0.812. The van der Waals surface area contributed by atoms with E-state index >= 15 is 0 Å². The third-order valence-electron chi connectivity index (χ3n) is 4.47. The normalized spacial score (nSPS) is 20.0. The molecule has 1 aliphatic heterocycles. The Morgan fingerprint density at radius 1 is 1.38 bits per heavy atom. The number of methoxy groups -OCH3 is 1. The molecule has 1 aromatic heterocycles. The van der Waals surface area contributed by atoms with Crippen molar-refractivity contribution in [2.45, 2.75) is 37.7 Å². The maximum atomic E-state index is 6.10. The van der Waals surface area contributed by atoms with Crippen molar-refractivity contribution in [3.05, 3.63) is 24.0 Å². The van der Waals surface area contributed by atoms with Gasteiger partial charge in [0.05, 0.1) is 24.0 Å². The lowest BCUT2D eigenvalue weighted by molar-refractivity contribution is 0.168. The minimum Gasteiger partial charge on any atom is -0.497 e. The Labute approximate surface area is 130 Å². The number of alkyl halides is 1. The molecule has 0 aliphatic carbocycles. The van der Waals surface area contributed by atoms with E-state index in [1.165, 1.54) is 25.8 Å². The molecule has 0 radical (unpaired) electrons. The molecule has 5 heteroatoms. The van der Waals surface area contributed by atoms with Gasteiger partial charge in [-0.25, -0.2) is 4.98 Å². The van der Waals surface area contributed by atoms with Crippen molar-refractivity contribution in [3.8, 4) is 5.75 Å². The van der Waals surface area contributed by atoms with Crippen LogP contribution in [0.2, 0.25) is 0 Å². The molecule has 4 nitrogen and oxygen atoms in total. The van der Waals surface area contributed by atoms with E-state index in [2.05, 4.69) is 27.6 Å². The van der Waals surface area contributed by atoms with Gasteiger partial charge in [-0.1, -0.05) is 6.42 Å². The maximum Gasteiger partial charge on any atom is 0.124 e. The highest BCUT2D eigenvalue weighted by Gasteiger charge is 2.21. The molecule has 0 saturated carbocycles. The van der Waals surface area contributed by atoms with Crippen LogP contribution in [0.15, 0.2) is 18.2 Å². The Morgan fingerprint density at radius 3 is 2.95 bits per heavy atom. The van der Waals surface area contributed by atoms with Crippen LogP contribution in [-0.2, 0) is 12.4 Å². The molecule has 0 N–H and O–H groups in total. The first-order valence-corrected chi connectivity index (χ1v) is 8.05. The molecular formula is C16H22ClN3O. The number of fused-ring (bicyclic) bond motifs is 1. The first-order valence-electron chi connectivity index (χ1n) is 7.52. The molecule has 3 rings (SSSR count). The number of ether oxygens (including phenoxy) is 1. The SMILES string of the molecule is COc1ccc2c(c1)nc(CCl)n2CC1CCCCN1C. The Hall–Kier alpha value is -1.26.